The molecule has 25 heteroatoms. The number of carbonyl (C=O) groups is 2. The van der Waals surface area contributed by atoms with E-state index in [9.17, 15) is 26.4 Å². The highest BCUT2D eigenvalue weighted by Gasteiger charge is 2.36. The summed E-state index contributed by atoms with van der Waals surface area (Å²) in [5.74, 6) is 0.0645. The second-order valence-corrected chi connectivity index (χ2v) is 30.4. The lowest BCUT2D eigenvalue weighted by molar-refractivity contribution is 0.0701. The summed E-state index contributed by atoms with van der Waals surface area (Å²) in [5.41, 5.74) is 9.33. The highest BCUT2D eigenvalue weighted by molar-refractivity contribution is 7.93. The zero-order valence-electron chi connectivity index (χ0n) is 52.4. The fourth-order valence-electron chi connectivity index (χ4n) is 10.3. The number of nitrogens with zero attached hydrogens (tertiary/aromatic N) is 12. The molecule has 10 aromatic rings. The van der Waals surface area contributed by atoms with Gasteiger partial charge >= 0.3 is 5.97 Å². The molecule has 4 aromatic carbocycles. The number of carboxylic acid groups (broad SMARTS) is 1. The minimum absolute atomic E-state index is 0.0137. The van der Waals surface area contributed by atoms with Gasteiger partial charge in [-0.3, -0.25) is 22.8 Å². The second kappa shape index (κ2) is 26.4. The molecule has 2 aliphatic heterocycles. The fourth-order valence-corrected chi connectivity index (χ4v) is 15.0. The summed E-state index contributed by atoms with van der Waals surface area (Å²) in [5, 5.41) is 25.0. The number of Topliss-reactive ketones (excluding diaryl/α,β-unsaturated/α-hetero) is 1. The summed E-state index contributed by atoms with van der Waals surface area (Å²) in [4.78, 5) is 52.0. The van der Waals surface area contributed by atoms with Crippen molar-refractivity contribution in [3.05, 3.63) is 189 Å². The van der Waals surface area contributed by atoms with E-state index < -0.39 is 26.0 Å². The second-order valence-electron chi connectivity index (χ2n) is 24.6. The molecule has 0 saturated carbocycles. The molecule has 472 valence electrons. The zero-order valence-corrected chi connectivity index (χ0v) is 55.7. The van der Waals surface area contributed by atoms with Gasteiger partial charge in [0.2, 0.25) is 11.9 Å². The van der Waals surface area contributed by atoms with Gasteiger partial charge in [0.1, 0.15) is 4.88 Å². The van der Waals surface area contributed by atoms with E-state index in [-0.39, 0.29) is 46.3 Å². The number of carbonyl (C=O) groups excluding carboxylic acids is 1. The first kappa shape index (κ1) is 64.9. The Hall–Kier alpha value is -9.04. The largest absolute Gasteiger partial charge is 0.477 e. The Morgan fingerprint density at radius 2 is 1.02 bits per heavy atom. The Balaban J connectivity index is 0.000000173. The summed E-state index contributed by atoms with van der Waals surface area (Å²) in [6.07, 6.45) is 15.0. The maximum absolute atomic E-state index is 14.0. The lowest BCUT2D eigenvalue weighted by Gasteiger charge is -2.35. The predicted octanol–water partition coefficient (Wildman–Crippen LogP) is 13.4. The van der Waals surface area contributed by atoms with Crippen molar-refractivity contribution < 1.29 is 31.5 Å². The molecule has 2 unspecified atom stereocenters. The molecule has 6 aromatic heterocycles. The summed E-state index contributed by atoms with van der Waals surface area (Å²) in [7, 11) is -3.88. The molecule has 3 N–H and O–H groups in total. The molecule has 21 nitrogen and oxygen atoms in total. The number of anilines is 6. The lowest BCUT2D eigenvalue weighted by Crippen LogP contribution is -2.37. The summed E-state index contributed by atoms with van der Waals surface area (Å²) in [6.45, 7) is 19.0. The van der Waals surface area contributed by atoms with Crippen LogP contribution in [0.2, 0.25) is 0 Å². The maximum Gasteiger partial charge on any atom is 0.347 e. The van der Waals surface area contributed by atoms with Crippen molar-refractivity contribution >= 4 is 89.1 Å². The molecule has 12 rings (SSSR count). The van der Waals surface area contributed by atoms with E-state index in [0.717, 1.165) is 61.2 Å². The number of aromatic carboxylic acids is 1. The van der Waals surface area contributed by atoms with Crippen LogP contribution in [0.1, 0.15) is 131 Å². The van der Waals surface area contributed by atoms with Crippen LogP contribution in [0.15, 0.2) is 156 Å². The molecule has 0 radical (unpaired) electrons. The number of hydrogen-bond acceptors (Lipinski definition) is 18. The Bertz CT molecular complexity index is 4510. The van der Waals surface area contributed by atoms with Gasteiger partial charge in [0.05, 0.1) is 77.4 Å². The predicted molar refractivity (Wildman–Crippen MR) is 357 cm³/mol. The van der Waals surface area contributed by atoms with Crippen molar-refractivity contribution in [3.63, 3.8) is 0 Å². The van der Waals surface area contributed by atoms with E-state index in [1.54, 1.807) is 82.8 Å². The van der Waals surface area contributed by atoms with Crippen LogP contribution in [-0.2, 0) is 45.0 Å². The lowest BCUT2D eigenvalue weighted by atomic mass is 9.86. The number of sulfonamides is 2. The van der Waals surface area contributed by atoms with Gasteiger partial charge in [0, 0.05) is 86.5 Å². The minimum Gasteiger partial charge on any atom is -0.477 e. The Morgan fingerprint density at radius 3 is 1.45 bits per heavy atom. The van der Waals surface area contributed by atoms with Crippen LogP contribution in [0.5, 0.6) is 0 Å². The zero-order chi connectivity index (χ0) is 65.2. The van der Waals surface area contributed by atoms with E-state index in [1.807, 2.05) is 116 Å². The van der Waals surface area contributed by atoms with Crippen LogP contribution < -0.4 is 19.2 Å². The van der Waals surface area contributed by atoms with Gasteiger partial charge in [-0.05, 0) is 98.2 Å². The van der Waals surface area contributed by atoms with Crippen molar-refractivity contribution in [3.8, 4) is 22.5 Å². The van der Waals surface area contributed by atoms with Gasteiger partial charge in [-0.2, -0.15) is 10.2 Å². The van der Waals surface area contributed by atoms with Crippen LogP contribution in [0.25, 0.3) is 22.5 Å². The number of aromatic nitrogens is 10. The van der Waals surface area contributed by atoms with Crippen LogP contribution in [0, 0.1) is 13.8 Å². The number of rotatable bonds is 14. The van der Waals surface area contributed by atoms with Gasteiger partial charge in [-0.1, -0.05) is 108 Å². The average molecular weight is 1300 g/mol. The molecule has 8 heterocycles. The van der Waals surface area contributed by atoms with Crippen molar-refractivity contribution in [1.29, 1.82) is 0 Å². The summed E-state index contributed by atoms with van der Waals surface area (Å²) in [6, 6.07) is 29.1. The third kappa shape index (κ3) is 15.1. The fraction of sp³-hybridized carbons (Fsp3) is 0.303. The van der Waals surface area contributed by atoms with Crippen LogP contribution in [0.4, 0.5) is 34.6 Å². The highest BCUT2D eigenvalue weighted by atomic mass is 32.2. The standard InChI is InChI=1S/C33H35N7O3S2.C25H26N6O2S.C8H11NO2S/c1-21-6-9-25(10-7-21)45(42,43)40-15-13-22(17-29(41)30-19-35-31(44-30)33(2,3)4)26-11-8-23(16-28(26)40)27-12-14-34-32(38-27)37-24-18-36-39(5)20-24;1-17-4-7-21(8-5-17)34(32,33)31-13-11-18(2)22-9-6-19(14-24(22)31)23-10-12-26-25(29-23)28-20-15-27-30(3)16-20;1-8(2,3)7-9-4-5(12-7)6(10)11/h6-12,14,16,18-20,22H,13,15,17H2,1-5H3,(H,34,37,38);4-10,12,14-16,18H,11,13H2,1-3H3,(H,26,28,29);4H,1-3H3,(H,10,11). The molecule has 0 fully saturated rings. The molecule has 0 saturated heterocycles. The molecule has 2 aliphatic rings. The van der Waals surface area contributed by atoms with Crippen molar-refractivity contribution in [1.82, 2.24) is 49.5 Å². The highest BCUT2D eigenvalue weighted by Crippen LogP contribution is 2.44. The number of aryl methyl sites for hydroxylation is 4. The van der Waals surface area contributed by atoms with E-state index in [4.69, 9.17) is 10.1 Å². The van der Waals surface area contributed by atoms with Crippen molar-refractivity contribution in [2.45, 2.75) is 114 Å². The van der Waals surface area contributed by atoms with E-state index in [1.165, 1.54) is 37.5 Å². The summed E-state index contributed by atoms with van der Waals surface area (Å²) < 4.78 is 61.5. The molecule has 0 spiro atoms. The maximum atomic E-state index is 14.0. The van der Waals surface area contributed by atoms with Gasteiger partial charge in [-0.15, -0.1) is 22.7 Å². The molecule has 2 atom stereocenters. The Kier molecular flexibility index (Phi) is 18.9. The van der Waals surface area contributed by atoms with Gasteiger partial charge in [0.25, 0.3) is 20.0 Å². The first-order valence-corrected chi connectivity index (χ1v) is 34.0. The van der Waals surface area contributed by atoms with Crippen molar-refractivity contribution in [2.24, 2.45) is 14.1 Å². The third-order valence-electron chi connectivity index (χ3n) is 15.3. The molecular weight excluding hydrogens is 1230 g/mol. The van der Waals surface area contributed by atoms with Crippen LogP contribution >= 0.6 is 22.7 Å². The van der Waals surface area contributed by atoms with Gasteiger partial charge < -0.3 is 15.7 Å². The van der Waals surface area contributed by atoms with Crippen LogP contribution in [0.3, 0.4) is 0 Å². The monoisotopic (exact) mass is 1300 g/mol. The van der Waals surface area contributed by atoms with Crippen LogP contribution in [-0.4, -0.2) is 96.2 Å². The molecular formula is C66H72N14O7S4. The van der Waals surface area contributed by atoms with E-state index >= 15 is 0 Å². The number of hydrogen-bond donors (Lipinski definition) is 3. The summed E-state index contributed by atoms with van der Waals surface area (Å²) >= 11 is 2.67. The molecule has 91 heavy (non-hydrogen) atoms. The normalized spacial score (nSPS) is 14.9. The Labute approximate surface area is 538 Å². The molecule has 0 aliphatic carbocycles. The number of fused-ring (bicyclic) bond motifs is 2. The van der Waals surface area contributed by atoms with E-state index in [2.05, 4.69) is 73.4 Å². The average Bonchev–Trinajstić information content (AvgIpc) is 1.51. The first-order chi connectivity index (χ1) is 43.1. The number of nitrogens with one attached hydrogen (secondary N) is 2. The SMILES string of the molecule is CC(C)(C)c1ncc(C(=O)O)s1.Cc1ccc(S(=O)(=O)N2CCC(C)c3ccc(-c4ccnc(Nc5cnn(C)c5)n4)cc32)cc1.Cc1ccc(S(=O)(=O)N2CCC(CC(=O)c3cnc(C(C)(C)C)s3)c3ccc(-c4ccnc(Nc5cnn(C)c5)n4)cc32)cc1. The minimum atomic E-state index is -3.87. The van der Waals surface area contributed by atoms with E-state index in [0.29, 0.717) is 62.3 Å². The molecule has 0 bridgehead atoms. The number of thiazole rings is 2. The smallest absolute Gasteiger partial charge is 0.347 e. The molecule has 0 amide bonds. The first-order valence-electron chi connectivity index (χ1n) is 29.4. The van der Waals surface area contributed by atoms with Crippen molar-refractivity contribution in [2.75, 3.05) is 32.3 Å². The number of carboxylic acids is 1. The Morgan fingerprint density at radius 1 is 0.582 bits per heavy atom. The third-order valence-corrected chi connectivity index (χ3v) is 21.8. The quantitative estimate of drug-likeness (QED) is 0.0854. The van der Waals surface area contributed by atoms with Gasteiger partial charge in [-0.25, -0.2) is 51.5 Å². The number of ketones is 1. The van der Waals surface area contributed by atoms with Gasteiger partial charge in [0.15, 0.2) is 5.78 Å². The topological polar surface area (TPSA) is 266 Å². The number of benzene rings is 4.